The van der Waals surface area contributed by atoms with Gasteiger partial charge in [0.1, 0.15) is 0 Å². The monoisotopic (exact) mass is 418 g/mol. The standard InChI is InChI=1S/C22H18N4O3S/c1-25-18-10-5-3-8-16(18)22(20(25)28)26(17-9-4-2-7-15(17)13-29-22)19(27)14-30-21-23-11-6-12-24-21/h2-12H,13-14H2,1H3/t22-/m1/s1. The number of likely N-dealkylation sites (N-methyl/N-ethyl adjacent to an activating group) is 1. The topological polar surface area (TPSA) is 75.6 Å². The van der Waals surface area contributed by atoms with E-state index in [4.69, 9.17) is 4.74 Å². The van der Waals surface area contributed by atoms with Gasteiger partial charge in [-0.1, -0.05) is 48.2 Å². The Kier molecular flexibility index (Phi) is 4.52. The molecule has 2 aliphatic heterocycles. The molecule has 30 heavy (non-hydrogen) atoms. The number of carbonyl (C=O) groups excluding carboxylic acids is 2. The smallest absolute Gasteiger partial charge is 0.285 e. The summed E-state index contributed by atoms with van der Waals surface area (Å²) in [4.78, 5) is 38.5. The highest BCUT2D eigenvalue weighted by molar-refractivity contribution is 7.99. The summed E-state index contributed by atoms with van der Waals surface area (Å²) in [6.45, 7) is 0.239. The third-order valence-electron chi connectivity index (χ3n) is 5.33. The summed E-state index contributed by atoms with van der Waals surface area (Å²) in [7, 11) is 1.70. The maximum atomic E-state index is 13.6. The minimum Gasteiger partial charge on any atom is -0.338 e. The number of benzene rings is 2. The van der Waals surface area contributed by atoms with E-state index in [0.717, 1.165) is 11.3 Å². The molecule has 8 heteroatoms. The van der Waals surface area contributed by atoms with E-state index in [9.17, 15) is 9.59 Å². The first kappa shape index (κ1) is 18.8. The van der Waals surface area contributed by atoms with Crippen molar-refractivity contribution in [2.24, 2.45) is 0 Å². The van der Waals surface area contributed by atoms with Gasteiger partial charge in [-0.3, -0.25) is 14.5 Å². The van der Waals surface area contributed by atoms with Gasteiger partial charge in [0.2, 0.25) is 5.91 Å². The Morgan fingerprint density at radius 1 is 1.07 bits per heavy atom. The highest BCUT2D eigenvalue weighted by atomic mass is 32.2. The van der Waals surface area contributed by atoms with Crippen LogP contribution in [-0.2, 0) is 26.7 Å². The fourth-order valence-corrected chi connectivity index (χ4v) is 4.64. The lowest BCUT2D eigenvalue weighted by molar-refractivity contribution is -0.152. The predicted molar refractivity (Wildman–Crippen MR) is 113 cm³/mol. The number of anilines is 2. The van der Waals surface area contributed by atoms with Crippen molar-refractivity contribution in [2.45, 2.75) is 17.5 Å². The zero-order chi connectivity index (χ0) is 20.7. The maximum Gasteiger partial charge on any atom is 0.285 e. The first-order valence-corrected chi connectivity index (χ1v) is 10.4. The van der Waals surface area contributed by atoms with E-state index < -0.39 is 5.72 Å². The molecule has 0 saturated heterocycles. The van der Waals surface area contributed by atoms with E-state index in [1.807, 2.05) is 48.5 Å². The number of carbonyl (C=O) groups is 2. The van der Waals surface area contributed by atoms with Crippen LogP contribution in [0.3, 0.4) is 0 Å². The number of thioether (sulfide) groups is 1. The molecule has 0 fully saturated rings. The third kappa shape index (κ3) is 2.72. The van der Waals surface area contributed by atoms with Crippen LogP contribution in [-0.4, -0.2) is 34.6 Å². The van der Waals surface area contributed by atoms with E-state index in [0.29, 0.717) is 16.4 Å². The van der Waals surface area contributed by atoms with E-state index >= 15 is 0 Å². The van der Waals surface area contributed by atoms with E-state index in [2.05, 4.69) is 9.97 Å². The zero-order valence-electron chi connectivity index (χ0n) is 16.2. The maximum absolute atomic E-state index is 13.6. The summed E-state index contributed by atoms with van der Waals surface area (Å²) in [6.07, 6.45) is 3.26. The van der Waals surface area contributed by atoms with Crippen molar-refractivity contribution in [2.75, 3.05) is 22.6 Å². The minimum atomic E-state index is -1.52. The predicted octanol–water partition coefficient (Wildman–Crippen LogP) is 2.96. The Morgan fingerprint density at radius 3 is 2.57 bits per heavy atom. The van der Waals surface area contributed by atoms with Gasteiger partial charge in [-0.05, 0) is 18.2 Å². The van der Waals surface area contributed by atoms with Gasteiger partial charge in [-0.2, -0.15) is 0 Å². The molecule has 2 amide bonds. The van der Waals surface area contributed by atoms with Crippen molar-refractivity contribution in [3.63, 3.8) is 0 Å². The molecule has 2 aliphatic rings. The Bertz CT molecular complexity index is 1140. The van der Waals surface area contributed by atoms with Crippen LogP contribution in [0.15, 0.2) is 72.1 Å². The number of aromatic nitrogens is 2. The van der Waals surface area contributed by atoms with Gasteiger partial charge in [0.05, 0.1) is 23.7 Å². The van der Waals surface area contributed by atoms with Crippen molar-refractivity contribution in [3.05, 3.63) is 78.1 Å². The fraction of sp³-hybridized carbons (Fsp3) is 0.182. The molecule has 1 aromatic heterocycles. The second-order valence-corrected chi connectivity index (χ2v) is 7.93. The lowest BCUT2D eigenvalue weighted by Gasteiger charge is -2.43. The first-order valence-electron chi connectivity index (χ1n) is 9.45. The molecule has 0 N–H and O–H groups in total. The molecule has 0 saturated carbocycles. The van der Waals surface area contributed by atoms with Crippen LogP contribution in [0, 0.1) is 0 Å². The van der Waals surface area contributed by atoms with E-state index in [-0.39, 0.29) is 24.2 Å². The van der Waals surface area contributed by atoms with Gasteiger partial charge in [0.15, 0.2) is 5.16 Å². The van der Waals surface area contributed by atoms with Crippen LogP contribution in [0.2, 0.25) is 0 Å². The molecule has 7 nitrogen and oxygen atoms in total. The summed E-state index contributed by atoms with van der Waals surface area (Å²) in [5.41, 5.74) is 1.42. The Hall–Kier alpha value is -3.23. The summed E-state index contributed by atoms with van der Waals surface area (Å²) in [6, 6.07) is 16.7. The van der Waals surface area contributed by atoms with Crippen molar-refractivity contribution in [3.8, 4) is 0 Å². The van der Waals surface area contributed by atoms with Crippen molar-refractivity contribution < 1.29 is 14.3 Å². The Labute approximate surface area is 177 Å². The van der Waals surface area contributed by atoms with Crippen LogP contribution in [0.4, 0.5) is 11.4 Å². The number of fused-ring (bicyclic) bond motifs is 3. The number of hydrogen-bond donors (Lipinski definition) is 0. The van der Waals surface area contributed by atoms with E-state index in [1.165, 1.54) is 16.7 Å². The lowest BCUT2D eigenvalue weighted by Crippen LogP contribution is -2.59. The minimum absolute atomic E-state index is 0.0720. The normalized spacial score (nSPS) is 19.7. The highest BCUT2D eigenvalue weighted by Gasteiger charge is 2.59. The summed E-state index contributed by atoms with van der Waals surface area (Å²) < 4.78 is 6.22. The number of para-hydroxylation sites is 2. The molecule has 0 aliphatic carbocycles. The zero-order valence-corrected chi connectivity index (χ0v) is 17.0. The highest BCUT2D eigenvalue weighted by Crippen LogP contribution is 2.49. The summed E-state index contributed by atoms with van der Waals surface area (Å²) in [5.74, 6) is -0.464. The van der Waals surface area contributed by atoms with Gasteiger partial charge in [-0.25, -0.2) is 9.97 Å². The van der Waals surface area contributed by atoms with Crippen LogP contribution in [0.1, 0.15) is 11.1 Å². The number of amides is 2. The van der Waals surface area contributed by atoms with Crippen molar-refractivity contribution in [1.29, 1.82) is 0 Å². The Morgan fingerprint density at radius 2 is 1.77 bits per heavy atom. The lowest BCUT2D eigenvalue weighted by atomic mass is 9.97. The second kappa shape index (κ2) is 7.23. The van der Waals surface area contributed by atoms with Crippen LogP contribution < -0.4 is 9.80 Å². The largest absolute Gasteiger partial charge is 0.338 e. The number of ether oxygens (including phenoxy) is 1. The number of nitrogens with zero attached hydrogens (tertiary/aromatic N) is 4. The molecule has 1 atom stereocenters. The molecule has 150 valence electrons. The Balaban J connectivity index is 1.61. The van der Waals surface area contributed by atoms with Gasteiger partial charge >= 0.3 is 0 Å². The molecule has 0 unspecified atom stereocenters. The summed E-state index contributed by atoms with van der Waals surface area (Å²) in [5, 5.41) is 0.501. The summed E-state index contributed by atoms with van der Waals surface area (Å²) >= 11 is 1.23. The average molecular weight is 418 g/mol. The van der Waals surface area contributed by atoms with Crippen LogP contribution in [0.5, 0.6) is 0 Å². The van der Waals surface area contributed by atoms with Gasteiger partial charge in [0.25, 0.3) is 11.6 Å². The van der Waals surface area contributed by atoms with Crippen LogP contribution in [0.25, 0.3) is 0 Å². The second-order valence-electron chi connectivity index (χ2n) is 6.99. The first-order chi connectivity index (χ1) is 14.6. The molecular formula is C22H18N4O3S. The molecule has 0 radical (unpaired) electrons. The fourth-order valence-electron chi connectivity index (χ4n) is 3.99. The molecule has 0 bridgehead atoms. The SMILES string of the molecule is CN1C(=O)[C@]2(OCc3ccccc3N2C(=O)CSc2ncccn2)c2ccccc21. The number of rotatable bonds is 3. The molecular weight excluding hydrogens is 400 g/mol. The van der Waals surface area contributed by atoms with Gasteiger partial charge in [0, 0.05) is 30.6 Å². The quantitative estimate of drug-likeness (QED) is 0.481. The molecule has 2 aromatic carbocycles. The molecule has 3 heterocycles. The van der Waals surface area contributed by atoms with Crippen LogP contribution >= 0.6 is 11.8 Å². The molecule has 1 spiro atoms. The van der Waals surface area contributed by atoms with Gasteiger partial charge in [-0.15, -0.1) is 0 Å². The third-order valence-corrected chi connectivity index (χ3v) is 6.19. The molecule has 3 aromatic rings. The van der Waals surface area contributed by atoms with Crippen molar-refractivity contribution in [1.82, 2.24) is 9.97 Å². The van der Waals surface area contributed by atoms with Gasteiger partial charge < -0.3 is 9.64 Å². The van der Waals surface area contributed by atoms with E-state index in [1.54, 1.807) is 30.4 Å². The molecule has 5 rings (SSSR count). The number of hydrogen-bond acceptors (Lipinski definition) is 6. The van der Waals surface area contributed by atoms with Crippen molar-refractivity contribution >= 4 is 35.0 Å². The average Bonchev–Trinajstić information content (AvgIpc) is 3.01.